The Kier molecular flexibility index (Phi) is 5.00. The lowest BCUT2D eigenvalue weighted by molar-refractivity contribution is 0.557. The van der Waals surface area contributed by atoms with Crippen LogP contribution in [0.1, 0.15) is 33.0 Å². The first kappa shape index (κ1) is 13.2. The van der Waals surface area contributed by atoms with Gasteiger partial charge in [0.1, 0.15) is 16.8 Å². The fraction of sp³-hybridized carbons (Fsp3) is 0.667. The number of nitrogens with zero attached hydrogens (tertiary/aromatic N) is 3. The van der Waals surface area contributed by atoms with Gasteiger partial charge in [-0.1, -0.05) is 38.8 Å². The van der Waals surface area contributed by atoms with Gasteiger partial charge in [0.05, 0.1) is 0 Å². The monoisotopic (exact) mass is 241 g/mol. The van der Waals surface area contributed by atoms with Crippen LogP contribution in [0.5, 0.6) is 0 Å². The van der Waals surface area contributed by atoms with E-state index in [1.165, 1.54) is 6.42 Å². The van der Waals surface area contributed by atoms with Crippen molar-refractivity contribution in [2.24, 2.45) is 5.92 Å². The SMILES string of the molecule is CCc1nc(Cl)cc(N(C)CC(C)CC)n1. The van der Waals surface area contributed by atoms with Crippen molar-refractivity contribution < 1.29 is 0 Å². The second-order valence-electron chi connectivity index (χ2n) is 4.21. The summed E-state index contributed by atoms with van der Waals surface area (Å²) in [6.45, 7) is 7.46. The Balaban J connectivity index is 2.82. The molecule has 1 rings (SSSR count). The lowest BCUT2D eigenvalue weighted by Gasteiger charge is -2.22. The average molecular weight is 242 g/mol. The largest absolute Gasteiger partial charge is 0.359 e. The highest BCUT2D eigenvalue weighted by Crippen LogP contribution is 2.17. The second kappa shape index (κ2) is 6.04. The van der Waals surface area contributed by atoms with Crippen molar-refractivity contribution in [3.63, 3.8) is 0 Å². The van der Waals surface area contributed by atoms with E-state index in [4.69, 9.17) is 11.6 Å². The van der Waals surface area contributed by atoms with Crippen LogP contribution in [-0.4, -0.2) is 23.6 Å². The first-order chi connectivity index (χ1) is 7.56. The van der Waals surface area contributed by atoms with Crippen molar-refractivity contribution in [1.82, 2.24) is 9.97 Å². The molecule has 0 radical (unpaired) electrons. The molecule has 0 fully saturated rings. The average Bonchev–Trinajstić information content (AvgIpc) is 2.27. The van der Waals surface area contributed by atoms with Gasteiger partial charge in [-0.15, -0.1) is 0 Å². The van der Waals surface area contributed by atoms with E-state index in [1.807, 2.05) is 20.0 Å². The molecule has 0 saturated carbocycles. The summed E-state index contributed by atoms with van der Waals surface area (Å²) in [5.41, 5.74) is 0. The van der Waals surface area contributed by atoms with Gasteiger partial charge in [-0.2, -0.15) is 0 Å². The van der Waals surface area contributed by atoms with Crippen molar-refractivity contribution in [2.75, 3.05) is 18.5 Å². The summed E-state index contributed by atoms with van der Waals surface area (Å²) in [6.07, 6.45) is 1.98. The molecule has 0 N–H and O–H groups in total. The predicted molar refractivity (Wildman–Crippen MR) is 69.1 cm³/mol. The Labute approximate surface area is 103 Å². The molecule has 0 spiro atoms. The minimum atomic E-state index is 0.526. The summed E-state index contributed by atoms with van der Waals surface area (Å²) in [7, 11) is 2.05. The van der Waals surface area contributed by atoms with E-state index in [0.717, 1.165) is 24.6 Å². The van der Waals surface area contributed by atoms with Crippen molar-refractivity contribution in [3.05, 3.63) is 17.0 Å². The molecule has 1 unspecified atom stereocenters. The van der Waals surface area contributed by atoms with Crippen molar-refractivity contribution in [2.45, 2.75) is 33.6 Å². The molecule has 0 amide bonds. The lowest BCUT2D eigenvalue weighted by atomic mass is 10.1. The summed E-state index contributed by atoms with van der Waals surface area (Å²) < 4.78 is 0. The van der Waals surface area contributed by atoms with Crippen molar-refractivity contribution >= 4 is 17.4 Å². The van der Waals surface area contributed by atoms with Crippen LogP contribution in [0.3, 0.4) is 0 Å². The third kappa shape index (κ3) is 3.63. The zero-order valence-corrected chi connectivity index (χ0v) is 11.3. The Morgan fingerprint density at radius 2 is 2.06 bits per heavy atom. The van der Waals surface area contributed by atoms with Gasteiger partial charge < -0.3 is 4.90 Å². The number of hydrogen-bond donors (Lipinski definition) is 0. The normalized spacial score (nSPS) is 12.6. The van der Waals surface area contributed by atoms with Crippen LogP contribution < -0.4 is 4.90 Å². The van der Waals surface area contributed by atoms with Gasteiger partial charge in [-0.3, -0.25) is 0 Å². The van der Waals surface area contributed by atoms with E-state index in [9.17, 15) is 0 Å². The Morgan fingerprint density at radius 1 is 1.38 bits per heavy atom. The molecule has 0 aliphatic heterocycles. The quantitative estimate of drug-likeness (QED) is 0.742. The Morgan fingerprint density at radius 3 is 2.62 bits per heavy atom. The maximum Gasteiger partial charge on any atom is 0.134 e. The van der Waals surface area contributed by atoms with Gasteiger partial charge in [-0.05, 0) is 5.92 Å². The van der Waals surface area contributed by atoms with E-state index in [1.54, 1.807) is 0 Å². The van der Waals surface area contributed by atoms with Crippen LogP contribution in [-0.2, 0) is 6.42 Å². The van der Waals surface area contributed by atoms with Gasteiger partial charge in [0.2, 0.25) is 0 Å². The van der Waals surface area contributed by atoms with Gasteiger partial charge >= 0.3 is 0 Å². The van der Waals surface area contributed by atoms with Gasteiger partial charge in [0.15, 0.2) is 0 Å². The van der Waals surface area contributed by atoms with Gasteiger partial charge in [0, 0.05) is 26.1 Å². The number of rotatable bonds is 5. The van der Waals surface area contributed by atoms with E-state index in [2.05, 4.69) is 28.7 Å². The minimum Gasteiger partial charge on any atom is -0.359 e. The molecule has 0 bridgehead atoms. The number of aryl methyl sites for hydroxylation is 1. The predicted octanol–water partition coefficient (Wildman–Crippen LogP) is 3.17. The fourth-order valence-corrected chi connectivity index (χ4v) is 1.69. The van der Waals surface area contributed by atoms with Crippen molar-refractivity contribution in [1.29, 1.82) is 0 Å². The first-order valence-corrected chi connectivity index (χ1v) is 6.19. The summed E-state index contributed by atoms with van der Waals surface area (Å²) >= 11 is 5.97. The highest BCUT2D eigenvalue weighted by atomic mass is 35.5. The molecule has 1 heterocycles. The third-order valence-corrected chi connectivity index (χ3v) is 2.91. The zero-order chi connectivity index (χ0) is 12.1. The molecular weight excluding hydrogens is 222 g/mol. The maximum absolute atomic E-state index is 5.97. The number of hydrogen-bond acceptors (Lipinski definition) is 3. The summed E-state index contributed by atoms with van der Waals surface area (Å²) in [5.74, 6) is 2.37. The lowest BCUT2D eigenvalue weighted by Crippen LogP contribution is -2.25. The third-order valence-electron chi connectivity index (χ3n) is 2.72. The summed E-state index contributed by atoms with van der Waals surface area (Å²) in [4.78, 5) is 10.8. The molecule has 16 heavy (non-hydrogen) atoms. The molecule has 1 atom stereocenters. The van der Waals surface area contributed by atoms with Crippen molar-refractivity contribution in [3.8, 4) is 0 Å². The fourth-order valence-electron chi connectivity index (χ4n) is 1.50. The molecular formula is C12H20ClN3. The first-order valence-electron chi connectivity index (χ1n) is 5.81. The smallest absolute Gasteiger partial charge is 0.134 e. The maximum atomic E-state index is 5.97. The number of halogens is 1. The number of aromatic nitrogens is 2. The Hall–Kier alpha value is -0.830. The second-order valence-corrected chi connectivity index (χ2v) is 4.60. The van der Waals surface area contributed by atoms with E-state index in [0.29, 0.717) is 11.1 Å². The molecule has 3 nitrogen and oxygen atoms in total. The highest BCUT2D eigenvalue weighted by molar-refractivity contribution is 6.29. The molecule has 4 heteroatoms. The van der Waals surface area contributed by atoms with Crippen LogP contribution in [0.2, 0.25) is 5.15 Å². The zero-order valence-electron chi connectivity index (χ0n) is 10.5. The molecule has 90 valence electrons. The standard InChI is InChI=1S/C12H20ClN3/c1-5-9(3)8-16(4)12-7-10(13)14-11(6-2)15-12/h7,9H,5-6,8H2,1-4H3. The van der Waals surface area contributed by atoms with E-state index < -0.39 is 0 Å². The summed E-state index contributed by atoms with van der Waals surface area (Å²) in [6, 6.07) is 1.82. The highest BCUT2D eigenvalue weighted by Gasteiger charge is 2.09. The molecule has 1 aromatic rings. The van der Waals surface area contributed by atoms with E-state index in [-0.39, 0.29) is 0 Å². The van der Waals surface area contributed by atoms with Crippen LogP contribution >= 0.6 is 11.6 Å². The van der Waals surface area contributed by atoms with Crippen LogP contribution in [0.15, 0.2) is 6.07 Å². The molecule has 0 aliphatic rings. The van der Waals surface area contributed by atoms with E-state index >= 15 is 0 Å². The Bertz CT molecular complexity index is 341. The summed E-state index contributed by atoms with van der Waals surface area (Å²) in [5, 5.41) is 0.526. The van der Waals surface area contributed by atoms with Crippen LogP contribution in [0.25, 0.3) is 0 Å². The molecule has 0 aliphatic carbocycles. The van der Waals surface area contributed by atoms with Gasteiger partial charge in [0.25, 0.3) is 0 Å². The van der Waals surface area contributed by atoms with Crippen LogP contribution in [0, 0.1) is 5.92 Å². The van der Waals surface area contributed by atoms with Crippen LogP contribution in [0.4, 0.5) is 5.82 Å². The minimum absolute atomic E-state index is 0.526. The number of anilines is 1. The topological polar surface area (TPSA) is 29.0 Å². The molecule has 1 aromatic heterocycles. The molecule has 0 saturated heterocycles. The molecule has 0 aromatic carbocycles. The van der Waals surface area contributed by atoms with Gasteiger partial charge in [-0.25, -0.2) is 9.97 Å².